The molecule has 1 amide bonds. The fraction of sp³-hybridized carbons (Fsp3) is 0.400. The highest BCUT2D eigenvalue weighted by Crippen LogP contribution is 2.47. The van der Waals surface area contributed by atoms with Crippen molar-refractivity contribution in [1.29, 1.82) is 0 Å². The van der Waals surface area contributed by atoms with Crippen molar-refractivity contribution in [2.45, 2.75) is 73.4 Å². The van der Waals surface area contributed by atoms with Gasteiger partial charge in [-0.2, -0.15) is 5.10 Å². The predicted octanol–water partition coefficient (Wildman–Crippen LogP) is 6.91. The molecule has 5 nitrogen and oxygen atoms in total. The summed E-state index contributed by atoms with van der Waals surface area (Å²) in [7, 11) is 0. The smallest absolute Gasteiger partial charge is 0.229 e. The van der Waals surface area contributed by atoms with Crippen molar-refractivity contribution in [2.75, 3.05) is 0 Å². The lowest BCUT2D eigenvalue weighted by Crippen LogP contribution is -2.46. The number of hydrogen-bond acceptors (Lipinski definition) is 2. The van der Waals surface area contributed by atoms with Crippen molar-refractivity contribution in [2.24, 2.45) is 5.41 Å². The topological polar surface area (TPSA) is 53.9 Å². The van der Waals surface area contributed by atoms with Crippen molar-refractivity contribution in [1.82, 2.24) is 19.7 Å². The lowest BCUT2D eigenvalue weighted by Gasteiger charge is -2.36. The van der Waals surface area contributed by atoms with Crippen LogP contribution in [0.25, 0.3) is 27.8 Å². The summed E-state index contributed by atoms with van der Waals surface area (Å²) in [4.78, 5) is 18.5. The monoisotopic (exact) mass is 486 g/mol. The van der Waals surface area contributed by atoms with Crippen LogP contribution in [0.4, 0.5) is 4.39 Å². The zero-order valence-corrected chi connectivity index (χ0v) is 22.3. The van der Waals surface area contributed by atoms with Crippen LogP contribution in [0.1, 0.15) is 70.9 Å². The largest absolute Gasteiger partial charge is 0.359 e. The predicted molar refractivity (Wildman–Crippen MR) is 143 cm³/mol. The normalized spacial score (nSPS) is 15.1. The Morgan fingerprint density at radius 2 is 1.75 bits per heavy atom. The van der Waals surface area contributed by atoms with Gasteiger partial charge in [-0.1, -0.05) is 52.8 Å². The van der Waals surface area contributed by atoms with Crippen molar-refractivity contribution in [3.05, 3.63) is 70.8 Å². The number of aromatic nitrogens is 3. The maximum Gasteiger partial charge on any atom is 0.229 e. The first-order valence-corrected chi connectivity index (χ1v) is 12.8. The van der Waals surface area contributed by atoms with Crippen LogP contribution in [0.3, 0.4) is 0 Å². The zero-order valence-electron chi connectivity index (χ0n) is 22.3. The molecule has 0 fully saturated rings. The van der Waals surface area contributed by atoms with Gasteiger partial charge in [0.1, 0.15) is 5.82 Å². The number of rotatable bonds is 4. The molecule has 0 aliphatic carbocycles. The lowest BCUT2D eigenvalue weighted by atomic mass is 9.91. The highest BCUT2D eigenvalue weighted by molar-refractivity contribution is 5.96. The number of aryl methyl sites for hydroxylation is 2. The van der Waals surface area contributed by atoms with Crippen LogP contribution in [0.15, 0.2) is 42.6 Å². The Bertz CT molecular complexity index is 1460. The second-order valence-corrected chi connectivity index (χ2v) is 11.3. The minimum Gasteiger partial charge on any atom is -0.359 e. The maximum atomic E-state index is 14.7. The molecular weight excluding hydrogens is 451 g/mol. The summed E-state index contributed by atoms with van der Waals surface area (Å²) in [6.07, 6.45) is 3.51. The number of H-pyrrole nitrogens is 1. The molecule has 0 spiro atoms. The first kappa shape index (κ1) is 24.3. The molecule has 0 saturated carbocycles. The Labute approximate surface area is 212 Å². The summed E-state index contributed by atoms with van der Waals surface area (Å²) < 4.78 is 16.8. The molecule has 0 radical (unpaired) electrons. The van der Waals surface area contributed by atoms with E-state index in [1.807, 2.05) is 37.8 Å². The molecule has 3 heterocycles. The van der Waals surface area contributed by atoms with E-state index in [4.69, 9.17) is 5.10 Å². The van der Waals surface area contributed by atoms with Gasteiger partial charge >= 0.3 is 0 Å². The van der Waals surface area contributed by atoms with Gasteiger partial charge in [-0.15, -0.1) is 0 Å². The average Bonchev–Trinajstić information content (AvgIpc) is 3.53. The number of para-hydroxylation sites is 1. The van der Waals surface area contributed by atoms with Gasteiger partial charge in [0.25, 0.3) is 0 Å². The fourth-order valence-corrected chi connectivity index (χ4v) is 5.56. The van der Waals surface area contributed by atoms with E-state index in [1.165, 1.54) is 17.2 Å². The molecule has 0 atom stereocenters. The summed E-state index contributed by atoms with van der Waals surface area (Å²) >= 11 is 0. The van der Waals surface area contributed by atoms with Crippen molar-refractivity contribution >= 4 is 16.8 Å². The molecular formula is C30H35FN4O. The summed E-state index contributed by atoms with van der Waals surface area (Å²) in [6.45, 7) is 14.8. The van der Waals surface area contributed by atoms with Gasteiger partial charge in [-0.05, 0) is 56.0 Å². The van der Waals surface area contributed by atoms with E-state index in [-0.39, 0.29) is 11.7 Å². The van der Waals surface area contributed by atoms with E-state index in [1.54, 1.807) is 6.20 Å². The van der Waals surface area contributed by atoms with Gasteiger partial charge in [0, 0.05) is 28.1 Å². The Morgan fingerprint density at radius 3 is 2.36 bits per heavy atom. The highest BCUT2D eigenvalue weighted by atomic mass is 19.1. The first-order chi connectivity index (χ1) is 17.0. The van der Waals surface area contributed by atoms with Crippen LogP contribution < -0.4 is 0 Å². The van der Waals surface area contributed by atoms with E-state index in [0.717, 1.165) is 46.4 Å². The van der Waals surface area contributed by atoms with Gasteiger partial charge < -0.3 is 9.88 Å². The Balaban J connectivity index is 1.85. The molecule has 0 bridgehead atoms. The van der Waals surface area contributed by atoms with E-state index in [9.17, 15) is 9.18 Å². The second kappa shape index (κ2) is 8.32. The standard InChI is InChI=1S/C30H35FN4O/c1-8-18-11-10-12-19(9-2)25(18)35-26(21-13-14-23(31)24-20(21)15-16-32-24)22-17-34(28(36)29(3,4)5)30(6,7)27(22)33-35/h10-16,32H,8-9,17H2,1-7H3. The maximum absolute atomic E-state index is 14.7. The Kier molecular flexibility index (Phi) is 5.62. The number of carbonyl (C=O) groups excluding carboxylic acids is 1. The molecule has 5 rings (SSSR count). The summed E-state index contributed by atoms with van der Waals surface area (Å²) in [5.41, 5.74) is 6.68. The second-order valence-electron chi connectivity index (χ2n) is 11.3. The molecule has 2 aromatic heterocycles. The first-order valence-electron chi connectivity index (χ1n) is 12.8. The third-order valence-electron chi connectivity index (χ3n) is 7.54. The number of carbonyl (C=O) groups is 1. The van der Waals surface area contributed by atoms with E-state index < -0.39 is 11.0 Å². The molecule has 0 unspecified atom stereocenters. The summed E-state index contributed by atoms with van der Waals surface area (Å²) in [5, 5.41) is 6.06. The third kappa shape index (κ3) is 3.49. The van der Waals surface area contributed by atoms with Crippen LogP contribution in [0, 0.1) is 11.2 Å². The zero-order chi connectivity index (χ0) is 26.0. The number of hydrogen-bond donors (Lipinski definition) is 1. The minimum absolute atomic E-state index is 0.0945. The molecule has 36 heavy (non-hydrogen) atoms. The fourth-order valence-electron chi connectivity index (χ4n) is 5.56. The Morgan fingerprint density at radius 1 is 1.08 bits per heavy atom. The number of benzene rings is 2. The number of aromatic amines is 1. The van der Waals surface area contributed by atoms with E-state index >= 15 is 0 Å². The van der Waals surface area contributed by atoms with Crippen LogP contribution in [0.2, 0.25) is 0 Å². The molecule has 1 aliphatic heterocycles. The van der Waals surface area contributed by atoms with Crippen LogP contribution in [-0.4, -0.2) is 25.6 Å². The van der Waals surface area contributed by atoms with Gasteiger partial charge in [-0.25, -0.2) is 9.07 Å². The molecule has 0 saturated heterocycles. The molecule has 4 aromatic rings. The number of amides is 1. The number of fused-ring (bicyclic) bond motifs is 2. The molecule has 2 aromatic carbocycles. The third-order valence-corrected chi connectivity index (χ3v) is 7.54. The van der Waals surface area contributed by atoms with Crippen LogP contribution >= 0.6 is 0 Å². The number of nitrogens with one attached hydrogen (secondary N) is 1. The van der Waals surface area contributed by atoms with Gasteiger partial charge in [0.15, 0.2) is 0 Å². The van der Waals surface area contributed by atoms with Crippen molar-refractivity contribution in [3.63, 3.8) is 0 Å². The number of nitrogens with zero attached hydrogens (tertiary/aromatic N) is 3. The lowest BCUT2D eigenvalue weighted by molar-refractivity contribution is -0.145. The quantitative estimate of drug-likeness (QED) is 0.341. The highest BCUT2D eigenvalue weighted by Gasteiger charge is 2.47. The SMILES string of the molecule is CCc1cccc(CC)c1-n1nc2c(c1-c1ccc(F)c3[nH]ccc13)CN(C(=O)C(C)(C)C)C2(C)C. The van der Waals surface area contributed by atoms with Crippen LogP contribution in [-0.2, 0) is 29.7 Å². The average molecular weight is 487 g/mol. The molecule has 1 aliphatic rings. The molecule has 6 heteroatoms. The number of halogens is 1. The van der Waals surface area contributed by atoms with Crippen LogP contribution in [0.5, 0.6) is 0 Å². The van der Waals surface area contributed by atoms with Gasteiger partial charge in [0.05, 0.1) is 34.7 Å². The van der Waals surface area contributed by atoms with Crippen molar-refractivity contribution < 1.29 is 9.18 Å². The summed E-state index contributed by atoms with van der Waals surface area (Å²) in [5.74, 6) is -0.188. The minimum atomic E-state index is -0.579. The van der Waals surface area contributed by atoms with E-state index in [2.05, 4.69) is 55.6 Å². The molecule has 188 valence electrons. The van der Waals surface area contributed by atoms with E-state index in [0.29, 0.717) is 12.1 Å². The van der Waals surface area contributed by atoms with Gasteiger partial charge in [0.2, 0.25) is 5.91 Å². The molecule has 1 N–H and O–H groups in total. The Hall–Kier alpha value is -3.41. The van der Waals surface area contributed by atoms with Crippen molar-refractivity contribution in [3.8, 4) is 16.9 Å². The summed E-state index contributed by atoms with van der Waals surface area (Å²) in [6, 6.07) is 11.7. The van der Waals surface area contributed by atoms with Gasteiger partial charge in [-0.3, -0.25) is 4.79 Å².